The van der Waals surface area contributed by atoms with Gasteiger partial charge in [0.25, 0.3) is 5.91 Å². The van der Waals surface area contributed by atoms with E-state index in [0.717, 1.165) is 0 Å². The number of ether oxygens (including phenoxy) is 1. The molecule has 0 spiro atoms. The molecule has 5 heteroatoms. The van der Waals surface area contributed by atoms with Crippen molar-refractivity contribution < 1.29 is 13.9 Å². The molecule has 2 aromatic carbocycles. The second-order valence-corrected chi connectivity index (χ2v) is 4.27. The molecular weight excluding hydrogens is 259 g/mol. The molecule has 0 bridgehead atoms. The Labute approximate surface area is 114 Å². The molecular formula is C15H11FN2O2. The normalized spacial score (nSPS) is 10.7. The van der Waals surface area contributed by atoms with Gasteiger partial charge in [-0.1, -0.05) is 24.3 Å². The number of aromatic amines is 1. The van der Waals surface area contributed by atoms with E-state index in [9.17, 15) is 9.18 Å². The minimum atomic E-state index is -0.660. The Balaban J connectivity index is 2.17. The number of fused-ring (bicyclic) bond motifs is 1. The van der Waals surface area contributed by atoms with E-state index >= 15 is 0 Å². The third-order valence-electron chi connectivity index (χ3n) is 2.95. The van der Waals surface area contributed by atoms with Gasteiger partial charge in [0, 0.05) is 10.9 Å². The Kier molecular flexibility index (Phi) is 2.87. The maximum Gasteiger partial charge on any atom is 0.269 e. The topological polar surface area (TPSA) is 68.1 Å². The number of benzene rings is 2. The zero-order valence-electron chi connectivity index (χ0n) is 10.4. The van der Waals surface area contributed by atoms with Gasteiger partial charge in [0.05, 0.1) is 0 Å². The number of amides is 1. The first-order valence-electron chi connectivity index (χ1n) is 5.99. The van der Waals surface area contributed by atoms with Crippen LogP contribution in [0.5, 0.6) is 11.5 Å². The number of hydrogen-bond acceptors (Lipinski definition) is 2. The van der Waals surface area contributed by atoms with Crippen molar-refractivity contribution >= 4 is 16.8 Å². The Morgan fingerprint density at radius 3 is 2.55 bits per heavy atom. The second kappa shape index (κ2) is 4.70. The summed E-state index contributed by atoms with van der Waals surface area (Å²) in [6.45, 7) is 0. The molecule has 4 nitrogen and oxygen atoms in total. The molecule has 1 amide bonds. The van der Waals surface area contributed by atoms with Crippen LogP contribution in [0, 0.1) is 5.82 Å². The number of H-pyrrole nitrogens is 1. The van der Waals surface area contributed by atoms with Crippen molar-refractivity contribution in [2.75, 3.05) is 0 Å². The first kappa shape index (κ1) is 12.2. The van der Waals surface area contributed by atoms with Gasteiger partial charge in [0.2, 0.25) is 0 Å². The Bertz CT molecular complexity index is 795. The van der Waals surface area contributed by atoms with E-state index < -0.39 is 11.7 Å². The first-order valence-corrected chi connectivity index (χ1v) is 5.99. The largest absolute Gasteiger partial charge is 0.451 e. The van der Waals surface area contributed by atoms with E-state index in [-0.39, 0.29) is 17.2 Å². The van der Waals surface area contributed by atoms with E-state index in [2.05, 4.69) is 4.98 Å². The van der Waals surface area contributed by atoms with Crippen LogP contribution in [-0.4, -0.2) is 10.9 Å². The van der Waals surface area contributed by atoms with Gasteiger partial charge in [0.15, 0.2) is 17.3 Å². The third kappa shape index (κ3) is 1.99. The summed E-state index contributed by atoms with van der Waals surface area (Å²) in [4.78, 5) is 14.4. The Morgan fingerprint density at radius 1 is 1.10 bits per heavy atom. The summed E-state index contributed by atoms with van der Waals surface area (Å²) in [5.41, 5.74) is 6.15. The summed E-state index contributed by atoms with van der Waals surface area (Å²) in [6.07, 6.45) is 0. The van der Waals surface area contributed by atoms with E-state index in [0.29, 0.717) is 10.9 Å². The SMILES string of the molecule is NC(=O)c1[nH]c2ccccc2c1Oc1ccccc1F. The van der Waals surface area contributed by atoms with Crippen LogP contribution in [0.3, 0.4) is 0 Å². The van der Waals surface area contributed by atoms with Crippen LogP contribution in [0.25, 0.3) is 10.9 Å². The molecule has 0 unspecified atom stereocenters. The van der Waals surface area contributed by atoms with Crippen LogP contribution in [-0.2, 0) is 0 Å². The molecule has 0 fully saturated rings. The van der Waals surface area contributed by atoms with Crippen LogP contribution in [0.15, 0.2) is 48.5 Å². The molecule has 3 rings (SSSR count). The number of halogens is 1. The van der Waals surface area contributed by atoms with Crippen LogP contribution in [0.2, 0.25) is 0 Å². The number of carbonyl (C=O) groups excluding carboxylic acids is 1. The molecule has 1 heterocycles. The maximum absolute atomic E-state index is 13.7. The highest BCUT2D eigenvalue weighted by atomic mass is 19.1. The minimum absolute atomic E-state index is 0.0414. The lowest BCUT2D eigenvalue weighted by molar-refractivity contribution is 0.0994. The quantitative estimate of drug-likeness (QED) is 0.767. The predicted molar refractivity (Wildman–Crippen MR) is 73.3 cm³/mol. The highest BCUT2D eigenvalue weighted by molar-refractivity contribution is 6.02. The molecule has 1 aromatic heterocycles. The molecule has 100 valence electrons. The van der Waals surface area contributed by atoms with Crippen LogP contribution < -0.4 is 10.5 Å². The standard InChI is InChI=1S/C15H11FN2O2/c16-10-6-2-4-8-12(10)20-14-9-5-1-3-7-11(9)18-13(14)15(17)19/h1-8,18H,(H2,17,19). The number of aromatic nitrogens is 1. The summed E-state index contributed by atoms with van der Waals surface area (Å²) in [5.74, 6) is -0.890. The van der Waals surface area contributed by atoms with Gasteiger partial charge in [-0.15, -0.1) is 0 Å². The van der Waals surface area contributed by atoms with Crippen LogP contribution in [0.1, 0.15) is 10.5 Å². The number of rotatable bonds is 3. The van der Waals surface area contributed by atoms with Crippen LogP contribution >= 0.6 is 0 Å². The van der Waals surface area contributed by atoms with Crippen molar-refractivity contribution in [2.45, 2.75) is 0 Å². The van der Waals surface area contributed by atoms with Gasteiger partial charge in [-0.25, -0.2) is 4.39 Å². The fourth-order valence-electron chi connectivity index (χ4n) is 2.03. The molecule has 3 N–H and O–H groups in total. The summed E-state index contributed by atoms with van der Waals surface area (Å²) >= 11 is 0. The van der Waals surface area contributed by atoms with E-state index in [4.69, 9.17) is 10.5 Å². The van der Waals surface area contributed by atoms with Gasteiger partial charge >= 0.3 is 0 Å². The molecule has 0 aliphatic carbocycles. The monoisotopic (exact) mass is 270 g/mol. The first-order chi connectivity index (χ1) is 9.66. The molecule has 3 aromatic rings. The minimum Gasteiger partial charge on any atom is -0.451 e. The van der Waals surface area contributed by atoms with Crippen molar-refractivity contribution in [1.29, 1.82) is 0 Å². The van der Waals surface area contributed by atoms with Gasteiger partial charge in [-0.05, 0) is 24.3 Å². The number of carbonyl (C=O) groups is 1. The molecule has 0 saturated carbocycles. The number of para-hydroxylation sites is 2. The third-order valence-corrected chi connectivity index (χ3v) is 2.95. The zero-order valence-corrected chi connectivity index (χ0v) is 10.4. The number of nitrogens with one attached hydrogen (secondary N) is 1. The number of primary amides is 1. The summed E-state index contributed by atoms with van der Waals surface area (Å²) in [5, 5.41) is 0.671. The Hall–Kier alpha value is -2.82. The fourth-order valence-corrected chi connectivity index (χ4v) is 2.03. The zero-order chi connectivity index (χ0) is 14.1. The number of hydrogen-bond donors (Lipinski definition) is 2. The lowest BCUT2D eigenvalue weighted by Crippen LogP contribution is -2.12. The molecule has 0 atom stereocenters. The summed E-state index contributed by atoms with van der Waals surface area (Å²) in [6, 6.07) is 13.2. The van der Waals surface area contributed by atoms with E-state index in [1.807, 2.05) is 6.07 Å². The second-order valence-electron chi connectivity index (χ2n) is 4.27. The lowest BCUT2D eigenvalue weighted by atomic mass is 10.2. The van der Waals surface area contributed by atoms with Crippen molar-refractivity contribution in [1.82, 2.24) is 4.98 Å². The van der Waals surface area contributed by atoms with E-state index in [1.54, 1.807) is 30.3 Å². The molecule has 0 aliphatic heterocycles. The molecule has 20 heavy (non-hydrogen) atoms. The average Bonchev–Trinajstić information content (AvgIpc) is 2.81. The highest BCUT2D eigenvalue weighted by Gasteiger charge is 2.18. The average molecular weight is 270 g/mol. The highest BCUT2D eigenvalue weighted by Crippen LogP contribution is 2.34. The fraction of sp³-hybridized carbons (Fsp3) is 0. The van der Waals surface area contributed by atoms with Gasteiger partial charge in [0.1, 0.15) is 5.69 Å². The summed E-state index contributed by atoms with van der Waals surface area (Å²) < 4.78 is 19.2. The number of nitrogens with two attached hydrogens (primary N) is 1. The lowest BCUT2D eigenvalue weighted by Gasteiger charge is -2.06. The summed E-state index contributed by atoms with van der Waals surface area (Å²) in [7, 11) is 0. The van der Waals surface area contributed by atoms with E-state index in [1.165, 1.54) is 12.1 Å². The smallest absolute Gasteiger partial charge is 0.269 e. The van der Waals surface area contributed by atoms with Gasteiger partial charge < -0.3 is 15.5 Å². The molecule has 0 saturated heterocycles. The molecule has 0 radical (unpaired) electrons. The van der Waals surface area contributed by atoms with Crippen molar-refractivity contribution in [3.05, 3.63) is 60.0 Å². The van der Waals surface area contributed by atoms with Crippen LogP contribution in [0.4, 0.5) is 4.39 Å². The van der Waals surface area contributed by atoms with Gasteiger partial charge in [-0.3, -0.25) is 4.79 Å². The molecule has 0 aliphatic rings. The maximum atomic E-state index is 13.7. The predicted octanol–water partition coefficient (Wildman–Crippen LogP) is 3.20. The van der Waals surface area contributed by atoms with Crippen molar-refractivity contribution in [2.24, 2.45) is 5.73 Å². The van der Waals surface area contributed by atoms with Crippen molar-refractivity contribution in [3.8, 4) is 11.5 Å². The van der Waals surface area contributed by atoms with Crippen molar-refractivity contribution in [3.63, 3.8) is 0 Å². The Morgan fingerprint density at radius 2 is 1.80 bits per heavy atom. The van der Waals surface area contributed by atoms with Gasteiger partial charge in [-0.2, -0.15) is 0 Å².